The van der Waals surface area contributed by atoms with Crippen LogP contribution >= 0.6 is 11.3 Å². The molecule has 0 saturated carbocycles. The number of benzene rings is 3. The molecule has 0 saturated heterocycles. The minimum Gasteiger partial charge on any atom is -0.497 e. The number of fused-ring (bicyclic) bond motifs is 1. The fourth-order valence-electron chi connectivity index (χ4n) is 4.25. The lowest BCUT2D eigenvalue weighted by Crippen LogP contribution is -2.29. The van der Waals surface area contributed by atoms with Gasteiger partial charge in [0.25, 0.3) is 16.8 Å². The van der Waals surface area contributed by atoms with Gasteiger partial charge in [0, 0.05) is 28.6 Å². The fraction of sp³-hybridized carbons (Fsp3) is 0.0370. The second-order valence-corrected chi connectivity index (χ2v) is 9.66. The van der Waals surface area contributed by atoms with Gasteiger partial charge in [0.2, 0.25) is 5.13 Å². The highest BCUT2D eigenvalue weighted by Crippen LogP contribution is 2.31. The molecule has 3 aromatic carbocycles. The van der Waals surface area contributed by atoms with E-state index in [1.54, 1.807) is 30.7 Å². The summed E-state index contributed by atoms with van der Waals surface area (Å²) in [5, 5.41) is 27.8. The number of methoxy groups -OCH3 is 1. The quantitative estimate of drug-likeness (QED) is 0.192. The first-order chi connectivity index (χ1) is 20.3. The van der Waals surface area contributed by atoms with Gasteiger partial charge in [-0.15, -0.1) is 11.3 Å². The molecule has 0 spiro atoms. The molecule has 1 amide bonds. The fourth-order valence-corrected chi connectivity index (χ4v) is 5.04. The Morgan fingerprint density at radius 1 is 0.976 bits per heavy atom. The van der Waals surface area contributed by atoms with E-state index >= 15 is 0 Å². The number of rotatable bonds is 7. The van der Waals surface area contributed by atoms with Crippen LogP contribution in [-0.2, 0) is 4.79 Å². The molecular weight excluding hydrogens is 564 g/mol. The molecular formula is C27H18N8O6S. The van der Waals surface area contributed by atoms with Crippen molar-refractivity contribution < 1.29 is 14.5 Å². The summed E-state index contributed by atoms with van der Waals surface area (Å²) in [6.07, 6.45) is 0. The van der Waals surface area contributed by atoms with Gasteiger partial charge >= 0.3 is 5.91 Å². The number of non-ortho nitro benzene ring substituents is 1. The average molecular weight is 583 g/mol. The first-order valence-corrected chi connectivity index (χ1v) is 13.1. The summed E-state index contributed by atoms with van der Waals surface area (Å²) in [7, 11) is 1.57. The number of ether oxygens (including phenoxy) is 1. The zero-order valence-corrected chi connectivity index (χ0v) is 22.3. The van der Waals surface area contributed by atoms with E-state index in [9.17, 15) is 24.5 Å². The number of hydrogen-bond donors (Lipinski definition) is 3. The zero-order valence-electron chi connectivity index (χ0n) is 21.5. The topological polar surface area (TPSA) is 188 Å². The van der Waals surface area contributed by atoms with Gasteiger partial charge in [-0.1, -0.05) is 6.07 Å². The van der Waals surface area contributed by atoms with E-state index in [-0.39, 0.29) is 38.7 Å². The number of aromatic amines is 2. The standard InChI is InChI=1S/C27H18N8O6S/c1-41-17-11-7-14(8-12-17)20-13-42-27(28-20)34-26(38)23(22(33-34)15-5-9-16(10-6-15)35(39)40)30-29-19-4-2-3-18-21(19)25(37)32-31-24(18)36/h2-13,29H,1H3,(H,31,36)(H,32,37). The third-order valence-electron chi connectivity index (χ3n) is 6.34. The van der Waals surface area contributed by atoms with E-state index in [0.717, 1.165) is 10.6 Å². The van der Waals surface area contributed by atoms with Crippen molar-refractivity contribution >= 4 is 55.9 Å². The summed E-state index contributed by atoms with van der Waals surface area (Å²) in [5.41, 5.74) is 3.48. The number of nitrogens with one attached hydrogen (secondary N) is 3. The third-order valence-corrected chi connectivity index (χ3v) is 7.16. The Labute approximate surface area is 238 Å². The molecule has 42 heavy (non-hydrogen) atoms. The monoisotopic (exact) mass is 582 g/mol. The van der Waals surface area contributed by atoms with Crippen molar-refractivity contribution in [1.29, 1.82) is 0 Å². The second kappa shape index (κ2) is 10.5. The van der Waals surface area contributed by atoms with Gasteiger partial charge in [0.05, 0.1) is 34.2 Å². The molecule has 1 aliphatic rings. The number of nitrogens with zero attached hydrogens (tertiary/aromatic N) is 5. The Morgan fingerprint density at radius 3 is 2.40 bits per heavy atom. The van der Waals surface area contributed by atoms with E-state index in [4.69, 9.17) is 4.74 Å². The van der Waals surface area contributed by atoms with Gasteiger partial charge in [-0.05, 0) is 48.5 Å². The number of amides is 1. The highest BCUT2D eigenvalue weighted by molar-refractivity contribution is 7.14. The van der Waals surface area contributed by atoms with E-state index < -0.39 is 21.9 Å². The summed E-state index contributed by atoms with van der Waals surface area (Å²) < 4.78 is 5.20. The van der Waals surface area contributed by atoms with Gasteiger partial charge in [-0.25, -0.2) is 4.98 Å². The number of nitro benzene ring substituents is 1. The van der Waals surface area contributed by atoms with Crippen LogP contribution in [0.15, 0.2) is 91.9 Å². The molecule has 0 radical (unpaired) electrons. The average Bonchev–Trinajstić information content (AvgIpc) is 3.62. The molecule has 6 rings (SSSR count). The maximum atomic E-state index is 13.7. The summed E-state index contributed by atoms with van der Waals surface area (Å²) in [4.78, 5) is 53.6. The highest BCUT2D eigenvalue weighted by Gasteiger charge is 2.36. The van der Waals surface area contributed by atoms with Gasteiger partial charge in [0.15, 0.2) is 5.71 Å². The molecule has 1 aliphatic heterocycles. The minimum atomic E-state index is -0.626. The van der Waals surface area contributed by atoms with Crippen LogP contribution in [0.3, 0.4) is 0 Å². The van der Waals surface area contributed by atoms with E-state index in [2.05, 4.69) is 30.8 Å². The molecule has 3 heterocycles. The van der Waals surface area contributed by atoms with Crippen molar-refractivity contribution in [1.82, 2.24) is 15.2 Å². The number of carbonyl (C=O) groups excluding carboxylic acids is 1. The summed E-state index contributed by atoms with van der Waals surface area (Å²) in [6, 6.07) is 17.3. The highest BCUT2D eigenvalue weighted by atomic mass is 32.1. The predicted octanol–water partition coefficient (Wildman–Crippen LogP) is 3.48. The number of H-pyrrole nitrogens is 2. The Kier molecular flexibility index (Phi) is 6.60. The van der Waals surface area contributed by atoms with Crippen LogP contribution < -0.4 is 26.3 Å². The van der Waals surface area contributed by atoms with Crippen molar-refractivity contribution in [2.24, 2.45) is 10.2 Å². The minimum absolute atomic E-state index is 0.0470. The van der Waals surface area contributed by atoms with Crippen LogP contribution in [0.4, 0.5) is 16.5 Å². The van der Waals surface area contributed by atoms with Crippen LogP contribution in [0.2, 0.25) is 0 Å². The first kappa shape index (κ1) is 26.3. The summed E-state index contributed by atoms with van der Waals surface area (Å²) in [5.74, 6) is 0.0610. The van der Waals surface area contributed by atoms with Crippen molar-refractivity contribution in [2.75, 3.05) is 17.5 Å². The number of anilines is 2. The van der Waals surface area contributed by atoms with Crippen LogP contribution in [-0.4, -0.2) is 44.5 Å². The van der Waals surface area contributed by atoms with Crippen molar-refractivity contribution in [3.8, 4) is 17.0 Å². The van der Waals surface area contributed by atoms with Crippen LogP contribution in [0.1, 0.15) is 5.56 Å². The number of nitro groups is 1. The van der Waals surface area contributed by atoms with Gasteiger partial charge in [0.1, 0.15) is 11.5 Å². The molecule has 0 atom stereocenters. The van der Waals surface area contributed by atoms with Gasteiger partial charge in [-0.3, -0.25) is 40.1 Å². The number of hydrazone groups is 2. The van der Waals surface area contributed by atoms with Crippen molar-refractivity contribution in [2.45, 2.75) is 0 Å². The number of hydrogen-bond acceptors (Lipinski definition) is 11. The molecule has 2 aromatic heterocycles. The van der Waals surface area contributed by atoms with Crippen molar-refractivity contribution in [3.63, 3.8) is 0 Å². The molecule has 0 bridgehead atoms. The molecule has 14 nitrogen and oxygen atoms in total. The SMILES string of the molecule is COc1ccc(-c2csc(N3N=C(c4ccc([N+](=O)[O-])cc4)C(=NNc4cccc5c(=O)[nH][nH]c(=O)c45)C3=O)n2)cc1. The smallest absolute Gasteiger partial charge is 0.303 e. The number of aromatic nitrogens is 3. The molecule has 208 valence electrons. The molecule has 3 N–H and O–H groups in total. The molecule has 5 aromatic rings. The largest absolute Gasteiger partial charge is 0.497 e. The Bertz CT molecular complexity index is 2040. The number of thiazole rings is 1. The third kappa shape index (κ3) is 4.69. The summed E-state index contributed by atoms with van der Waals surface area (Å²) in [6.45, 7) is 0. The normalized spacial score (nSPS) is 13.9. The Hall–Kier alpha value is -5.96. The van der Waals surface area contributed by atoms with Gasteiger partial charge in [-0.2, -0.15) is 15.2 Å². The Balaban J connectivity index is 1.40. The summed E-state index contributed by atoms with van der Waals surface area (Å²) >= 11 is 1.19. The molecule has 0 unspecified atom stereocenters. The maximum Gasteiger partial charge on any atom is 0.303 e. The lowest BCUT2D eigenvalue weighted by atomic mass is 10.1. The number of carbonyl (C=O) groups is 1. The maximum absolute atomic E-state index is 13.7. The van der Waals surface area contributed by atoms with Crippen LogP contribution in [0.5, 0.6) is 5.75 Å². The van der Waals surface area contributed by atoms with E-state index in [1.807, 2.05) is 12.1 Å². The van der Waals surface area contributed by atoms with E-state index in [1.165, 1.54) is 47.7 Å². The molecule has 15 heteroatoms. The zero-order chi connectivity index (χ0) is 29.4. The van der Waals surface area contributed by atoms with Gasteiger partial charge < -0.3 is 4.74 Å². The second-order valence-electron chi connectivity index (χ2n) is 8.82. The Morgan fingerprint density at radius 2 is 1.69 bits per heavy atom. The van der Waals surface area contributed by atoms with Crippen LogP contribution in [0, 0.1) is 10.1 Å². The van der Waals surface area contributed by atoms with Crippen LogP contribution in [0.25, 0.3) is 22.0 Å². The van der Waals surface area contributed by atoms with Crippen molar-refractivity contribution in [3.05, 3.63) is 108 Å². The predicted molar refractivity (Wildman–Crippen MR) is 157 cm³/mol. The molecule has 0 aliphatic carbocycles. The lowest BCUT2D eigenvalue weighted by molar-refractivity contribution is -0.384. The molecule has 0 fully saturated rings. The first-order valence-electron chi connectivity index (χ1n) is 12.2. The van der Waals surface area contributed by atoms with E-state index in [0.29, 0.717) is 17.0 Å². The lowest BCUT2D eigenvalue weighted by Gasteiger charge is -2.07.